The van der Waals surface area contributed by atoms with Gasteiger partial charge in [-0.1, -0.05) is 11.6 Å². The summed E-state index contributed by atoms with van der Waals surface area (Å²) >= 11 is 0. The van der Waals surface area contributed by atoms with Crippen molar-refractivity contribution in [2.24, 2.45) is 0 Å². The number of nitrogens with one attached hydrogen (secondary N) is 2. The zero-order valence-corrected chi connectivity index (χ0v) is 8.11. The minimum absolute atomic E-state index is 0.0552. The highest BCUT2D eigenvalue weighted by atomic mass is 16.1. The molecule has 0 aromatic rings. The lowest BCUT2D eigenvalue weighted by atomic mass is 10.3. The predicted molar refractivity (Wildman–Crippen MR) is 51.0 cm³/mol. The molecule has 2 N–H and O–H groups in total. The first-order valence-electron chi connectivity index (χ1n) is 4.27. The molecule has 12 heavy (non-hydrogen) atoms. The van der Waals surface area contributed by atoms with E-state index in [1.165, 1.54) is 5.57 Å². The molecular formula is C9H18N2O. The molecule has 0 saturated carbocycles. The zero-order chi connectivity index (χ0) is 9.40. The molecule has 0 aliphatic rings. The van der Waals surface area contributed by atoms with Crippen molar-refractivity contribution in [3.05, 3.63) is 11.6 Å². The van der Waals surface area contributed by atoms with Gasteiger partial charge >= 0.3 is 0 Å². The third kappa shape index (κ3) is 7.28. The van der Waals surface area contributed by atoms with Crippen LogP contribution in [0.4, 0.5) is 0 Å². The number of hydrogen-bond donors (Lipinski definition) is 2. The Balaban J connectivity index is 3.31. The molecule has 0 aromatic heterocycles. The molecule has 70 valence electrons. The summed E-state index contributed by atoms with van der Waals surface area (Å²) in [6.07, 6.45) is 2.05. The summed E-state index contributed by atoms with van der Waals surface area (Å²) in [6, 6.07) is 0. The molecule has 0 bridgehead atoms. The first-order valence-corrected chi connectivity index (χ1v) is 4.27. The smallest absolute Gasteiger partial charge is 0.233 e. The van der Waals surface area contributed by atoms with Crippen molar-refractivity contribution in [1.82, 2.24) is 10.6 Å². The average Bonchev–Trinajstić information content (AvgIpc) is 1.98. The molecule has 0 radical (unpaired) electrons. The van der Waals surface area contributed by atoms with Crippen LogP contribution in [0.3, 0.4) is 0 Å². The van der Waals surface area contributed by atoms with E-state index in [1.54, 1.807) is 0 Å². The summed E-state index contributed by atoms with van der Waals surface area (Å²) in [7, 11) is 0. The Kier molecular flexibility index (Phi) is 6.38. The molecule has 0 aromatic carbocycles. The summed E-state index contributed by atoms with van der Waals surface area (Å²) in [5, 5.41) is 5.72. The van der Waals surface area contributed by atoms with E-state index in [-0.39, 0.29) is 5.91 Å². The van der Waals surface area contributed by atoms with Gasteiger partial charge in [0.1, 0.15) is 0 Å². The van der Waals surface area contributed by atoms with E-state index in [2.05, 4.69) is 16.7 Å². The highest BCUT2D eigenvalue weighted by Crippen LogP contribution is 1.84. The van der Waals surface area contributed by atoms with Gasteiger partial charge in [0.05, 0.1) is 6.54 Å². The predicted octanol–water partition coefficient (Wildman–Crippen LogP) is 0.678. The van der Waals surface area contributed by atoms with E-state index in [4.69, 9.17) is 0 Å². The van der Waals surface area contributed by atoms with Crippen molar-refractivity contribution >= 4 is 5.91 Å². The van der Waals surface area contributed by atoms with Crippen molar-refractivity contribution in [2.75, 3.05) is 19.6 Å². The first-order chi connectivity index (χ1) is 5.66. The van der Waals surface area contributed by atoms with Crippen molar-refractivity contribution in [3.8, 4) is 0 Å². The first kappa shape index (κ1) is 11.2. The van der Waals surface area contributed by atoms with Crippen LogP contribution in [0.2, 0.25) is 0 Å². The molecule has 0 aliphatic carbocycles. The van der Waals surface area contributed by atoms with Gasteiger partial charge in [-0.3, -0.25) is 4.79 Å². The molecule has 3 nitrogen and oxygen atoms in total. The quantitative estimate of drug-likeness (QED) is 0.470. The lowest BCUT2D eigenvalue weighted by Gasteiger charge is -2.01. The van der Waals surface area contributed by atoms with Crippen LogP contribution in [0.1, 0.15) is 20.8 Å². The monoisotopic (exact) mass is 170 g/mol. The van der Waals surface area contributed by atoms with E-state index < -0.39 is 0 Å². The fraction of sp³-hybridized carbons (Fsp3) is 0.667. The fourth-order valence-electron chi connectivity index (χ4n) is 0.722. The van der Waals surface area contributed by atoms with Crippen LogP contribution >= 0.6 is 0 Å². The topological polar surface area (TPSA) is 41.1 Å². The number of amides is 1. The van der Waals surface area contributed by atoms with Crippen LogP contribution in [-0.4, -0.2) is 25.5 Å². The van der Waals surface area contributed by atoms with Gasteiger partial charge < -0.3 is 10.6 Å². The Morgan fingerprint density at radius 1 is 1.42 bits per heavy atom. The van der Waals surface area contributed by atoms with Gasteiger partial charge in [0.15, 0.2) is 0 Å². The Labute approximate surface area is 74.2 Å². The van der Waals surface area contributed by atoms with E-state index in [0.717, 1.165) is 6.54 Å². The molecule has 0 saturated heterocycles. The Hall–Kier alpha value is -0.830. The second kappa shape index (κ2) is 6.85. The van der Waals surface area contributed by atoms with E-state index in [9.17, 15) is 4.79 Å². The highest BCUT2D eigenvalue weighted by molar-refractivity contribution is 5.77. The lowest BCUT2D eigenvalue weighted by Crippen LogP contribution is -2.33. The van der Waals surface area contributed by atoms with Gasteiger partial charge in [0.25, 0.3) is 0 Å². The number of carbonyl (C=O) groups excluding carboxylic acids is 1. The Morgan fingerprint density at radius 2 is 2.08 bits per heavy atom. The van der Waals surface area contributed by atoms with Crippen molar-refractivity contribution in [1.29, 1.82) is 0 Å². The number of likely N-dealkylation sites (N-methyl/N-ethyl adjacent to an activating group) is 1. The number of rotatable bonds is 5. The van der Waals surface area contributed by atoms with Crippen LogP contribution in [-0.2, 0) is 4.79 Å². The molecule has 0 atom stereocenters. The minimum atomic E-state index is 0.0552. The minimum Gasteiger partial charge on any atom is -0.355 e. The largest absolute Gasteiger partial charge is 0.355 e. The normalized spacial score (nSPS) is 9.25. The van der Waals surface area contributed by atoms with E-state index >= 15 is 0 Å². The maximum absolute atomic E-state index is 10.9. The summed E-state index contributed by atoms with van der Waals surface area (Å²) in [5.74, 6) is 0.0552. The Bertz CT molecular complexity index is 160. The maximum Gasteiger partial charge on any atom is 0.233 e. The summed E-state index contributed by atoms with van der Waals surface area (Å²) < 4.78 is 0. The van der Waals surface area contributed by atoms with Crippen LogP contribution in [0.25, 0.3) is 0 Å². The van der Waals surface area contributed by atoms with Gasteiger partial charge in [-0.05, 0) is 20.8 Å². The van der Waals surface area contributed by atoms with Crippen LogP contribution < -0.4 is 10.6 Å². The van der Waals surface area contributed by atoms with Crippen LogP contribution in [0.5, 0.6) is 0 Å². The molecular weight excluding hydrogens is 152 g/mol. The average molecular weight is 170 g/mol. The maximum atomic E-state index is 10.9. The van der Waals surface area contributed by atoms with Gasteiger partial charge in [-0.15, -0.1) is 0 Å². The molecule has 1 amide bonds. The third-order valence-electron chi connectivity index (χ3n) is 1.31. The summed E-state index contributed by atoms with van der Waals surface area (Å²) in [6.45, 7) is 7.84. The number of carbonyl (C=O) groups is 1. The van der Waals surface area contributed by atoms with Crippen LogP contribution in [0, 0.1) is 0 Å². The van der Waals surface area contributed by atoms with Crippen molar-refractivity contribution < 1.29 is 4.79 Å². The third-order valence-corrected chi connectivity index (χ3v) is 1.31. The lowest BCUT2D eigenvalue weighted by molar-refractivity contribution is -0.120. The molecule has 0 fully saturated rings. The Morgan fingerprint density at radius 3 is 2.58 bits per heavy atom. The molecule has 0 heterocycles. The molecule has 0 spiro atoms. The molecule has 3 heteroatoms. The zero-order valence-electron chi connectivity index (χ0n) is 8.11. The SMILES string of the molecule is CCNC(=O)CNCC=C(C)C. The second-order valence-corrected chi connectivity index (χ2v) is 2.87. The van der Waals surface area contributed by atoms with E-state index in [0.29, 0.717) is 13.1 Å². The highest BCUT2D eigenvalue weighted by Gasteiger charge is 1.94. The molecule has 0 rings (SSSR count). The van der Waals surface area contributed by atoms with Gasteiger partial charge in [-0.25, -0.2) is 0 Å². The van der Waals surface area contributed by atoms with E-state index in [1.807, 2.05) is 20.8 Å². The second-order valence-electron chi connectivity index (χ2n) is 2.87. The van der Waals surface area contributed by atoms with Gasteiger partial charge in [0.2, 0.25) is 5.91 Å². The summed E-state index contributed by atoms with van der Waals surface area (Å²) in [5.41, 5.74) is 1.26. The van der Waals surface area contributed by atoms with Crippen LogP contribution in [0.15, 0.2) is 11.6 Å². The van der Waals surface area contributed by atoms with Gasteiger partial charge in [0, 0.05) is 13.1 Å². The number of hydrogen-bond acceptors (Lipinski definition) is 2. The molecule has 0 aliphatic heterocycles. The fourth-order valence-corrected chi connectivity index (χ4v) is 0.722. The summed E-state index contributed by atoms with van der Waals surface area (Å²) in [4.78, 5) is 10.9. The van der Waals surface area contributed by atoms with Crippen molar-refractivity contribution in [2.45, 2.75) is 20.8 Å². The number of allylic oxidation sites excluding steroid dienone is 1. The van der Waals surface area contributed by atoms with Crippen molar-refractivity contribution in [3.63, 3.8) is 0 Å². The van der Waals surface area contributed by atoms with Gasteiger partial charge in [-0.2, -0.15) is 0 Å². The standard InChI is InChI=1S/C9H18N2O/c1-4-11-9(12)7-10-6-5-8(2)3/h5,10H,4,6-7H2,1-3H3,(H,11,12). The molecule has 0 unspecified atom stereocenters.